The Morgan fingerprint density at radius 2 is 2.14 bits per heavy atom. The quantitative estimate of drug-likeness (QED) is 0.455. The molecule has 1 aliphatic carbocycles. The lowest BCUT2D eigenvalue weighted by Crippen LogP contribution is -2.41. The van der Waals surface area contributed by atoms with E-state index in [1.165, 1.54) is 38.5 Å². The van der Waals surface area contributed by atoms with E-state index in [1.807, 2.05) is 20.0 Å². The first kappa shape index (κ1) is 17.6. The fraction of sp³-hybridized carbons (Fsp3) is 0.750. The van der Waals surface area contributed by atoms with E-state index in [0.717, 1.165) is 30.5 Å². The summed E-state index contributed by atoms with van der Waals surface area (Å²) in [5.74, 6) is 1.85. The molecule has 1 saturated carbocycles. The highest BCUT2D eigenvalue weighted by molar-refractivity contribution is 14.0. The van der Waals surface area contributed by atoms with Crippen molar-refractivity contribution in [2.75, 3.05) is 20.1 Å². The maximum absolute atomic E-state index is 5.25. The van der Waals surface area contributed by atoms with Gasteiger partial charge in [0.15, 0.2) is 11.7 Å². The Labute approximate surface area is 149 Å². The summed E-state index contributed by atoms with van der Waals surface area (Å²) >= 11 is 0. The summed E-state index contributed by atoms with van der Waals surface area (Å²) < 4.78 is 5.25. The van der Waals surface area contributed by atoms with E-state index >= 15 is 0 Å². The first-order chi connectivity index (χ1) is 10.2. The van der Waals surface area contributed by atoms with Crippen molar-refractivity contribution in [2.45, 2.75) is 52.0 Å². The molecule has 1 spiro atoms. The second-order valence-electron chi connectivity index (χ2n) is 6.57. The van der Waals surface area contributed by atoms with Crippen LogP contribution in [0.1, 0.15) is 50.0 Å². The lowest BCUT2D eigenvalue weighted by molar-refractivity contribution is 0.203. The van der Waals surface area contributed by atoms with Crippen LogP contribution < -0.4 is 5.32 Å². The molecule has 2 aliphatic rings. The van der Waals surface area contributed by atoms with Crippen LogP contribution in [-0.2, 0) is 6.54 Å². The standard InChI is InChI=1S/C16H26N4O.HI/c1-13-10-14(21-19-13)11-18-15(17-2)20-9-8-16(12-20)6-4-3-5-7-16;/h10H,3-9,11-12H2,1-2H3,(H,17,18);1H. The van der Waals surface area contributed by atoms with E-state index in [2.05, 4.69) is 20.4 Å². The first-order valence-corrected chi connectivity index (χ1v) is 8.09. The van der Waals surface area contributed by atoms with E-state index in [1.54, 1.807) is 0 Å². The molecule has 0 radical (unpaired) electrons. The molecule has 0 bridgehead atoms. The molecular weight excluding hydrogens is 391 g/mol. The lowest BCUT2D eigenvalue weighted by atomic mass is 9.73. The summed E-state index contributed by atoms with van der Waals surface area (Å²) in [5, 5.41) is 7.32. The third-order valence-electron chi connectivity index (χ3n) is 4.96. The number of hydrogen-bond acceptors (Lipinski definition) is 3. The van der Waals surface area contributed by atoms with Crippen LogP contribution >= 0.6 is 24.0 Å². The number of aromatic nitrogens is 1. The van der Waals surface area contributed by atoms with Gasteiger partial charge in [-0.15, -0.1) is 24.0 Å². The molecular formula is C16H27IN4O. The predicted octanol–water partition coefficient (Wildman–Crippen LogP) is 3.33. The predicted molar refractivity (Wildman–Crippen MR) is 98.6 cm³/mol. The van der Waals surface area contributed by atoms with Gasteiger partial charge in [0.2, 0.25) is 0 Å². The van der Waals surface area contributed by atoms with Crippen molar-refractivity contribution in [3.8, 4) is 0 Å². The Morgan fingerprint density at radius 1 is 1.36 bits per heavy atom. The molecule has 1 saturated heterocycles. The molecule has 0 atom stereocenters. The maximum Gasteiger partial charge on any atom is 0.194 e. The van der Waals surface area contributed by atoms with Crippen LogP contribution in [-0.4, -0.2) is 36.2 Å². The molecule has 3 rings (SSSR count). The van der Waals surface area contributed by atoms with E-state index in [0.29, 0.717) is 12.0 Å². The van der Waals surface area contributed by atoms with Crippen molar-refractivity contribution in [1.29, 1.82) is 0 Å². The van der Waals surface area contributed by atoms with Crippen molar-refractivity contribution < 1.29 is 4.52 Å². The van der Waals surface area contributed by atoms with Crippen molar-refractivity contribution >= 4 is 29.9 Å². The Kier molecular flexibility index (Phi) is 6.11. The third kappa shape index (κ3) is 3.94. The zero-order chi connectivity index (χ0) is 14.7. The molecule has 2 fully saturated rings. The number of aryl methyl sites for hydroxylation is 1. The highest BCUT2D eigenvalue weighted by Crippen LogP contribution is 2.43. The van der Waals surface area contributed by atoms with Crippen molar-refractivity contribution in [2.24, 2.45) is 10.4 Å². The van der Waals surface area contributed by atoms with Crippen LogP contribution in [0.2, 0.25) is 0 Å². The molecule has 1 aromatic rings. The van der Waals surface area contributed by atoms with Crippen LogP contribution in [0.25, 0.3) is 0 Å². The van der Waals surface area contributed by atoms with Crippen molar-refractivity contribution in [1.82, 2.24) is 15.4 Å². The average molecular weight is 418 g/mol. The molecule has 2 heterocycles. The molecule has 1 N–H and O–H groups in total. The third-order valence-corrected chi connectivity index (χ3v) is 4.96. The van der Waals surface area contributed by atoms with Gasteiger partial charge in [-0.1, -0.05) is 24.4 Å². The minimum Gasteiger partial charge on any atom is -0.359 e. The van der Waals surface area contributed by atoms with Gasteiger partial charge in [-0.05, 0) is 31.6 Å². The van der Waals surface area contributed by atoms with Crippen LogP contribution in [0.3, 0.4) is 0 Å². The average Bonchev–Trinajstić information content (AvgIpc) is 3.08. The topological polar surface area (TPSA) is 53.7 Å². The second-order valence-corrected chi connectivity index (χ2v) is 6.57. The van der Waals surface area contributed by atoms with E-state index < -0.39 is 0 Å². The van der Waals surface area contributed by atoms with E-state index in [9.17, 15) is 0 Å². The van der Waals surface area contributed by atoms with Gasteiger partial charge >= 0.3 is 0 Å². The monoisotopic (exact) mass is 418 g/mol. The van der Waals surface area contributed by atoms with Gasteiger partial charge in [0.1, 0.15) is 0 Å². The Bertz CT molecular complexity index is 508. The van der Waals surface area contributed by atoms with Crippen LogP contribution in [0.5, 0.6) is 0 Å². The Morgan fingerprint density at radius 3 is 2.77 bits per heavy atom. The van der Waals surface area contributed by atoms with Crippen LogP contribution in [0, 0.1) is 12.3 Å². The van der Waals surface area contributed by atoms with Gasteiger partial charge in [-0.25, -0.2) is 0 Å². The van der Waals surface area contributed by atoms with E-state index in [-0.39, 0.29) is 24.0 Å². The number of hydrogen-bond donors (Lipinski definition) is 1. The molecule has 1 aromatic heterocycles. The summed E-state index contributed by atoms with van der Waals surface area (Å²) in [7, 11) is 1.86. The number of nitrogens with one attached hydrogen (secondary N) is 1. The molecule has 124 valence electrons. The highest BCUT2D eigenvalue weighted by atomic mass is 127. The second kappa shape index (κ2) is 7.66. The molecule has 0 unspecified atom stereocenters. The minimum absolute atomic E-state index is 0. The number of guanidine groups is 1. The fourth-order valence-corrected chi connectivity index (χ4v) is 3.82. The van der Waals surface area contributed by atoms with Gasteiger partial charge in [0, 0.05) is 26.2 Å². The number of aliphatic imine (C=N–C) groups is 1. The first-order valence-electron chi connectivity index (χ1n) is 8.09. The molecule has 22 heavy (non-hydrogen) atoms. The number of halogens is 1. The largest absolute Gasteiger partial charge is 0.359 e. The lowest BCUT2D eigenvalue weighted by Gasteiger charge is -2.33. The van der Waals surface area contributed by atoms with Gasteiger partial charge in [-0.3, -0.25) is 4.99 Å². The maximum atomic E-state index is 5.25. The summed E-state index contributed by atoms with van der Waals surface area (Å²) in [4.78, 5) is 6.85. The molecule has 0 aromatic carbocycles. The van der Waals surface area contributed by atoms with Gasteiger partial charge in [0.05, 0.1) is 12.2 Å². The summed E-state index contributed by atoms with van der Waals surface area (Å²) in [6.07, 6.45) is 8.31. The summed E-state index contributed by atoms with van der Waals surface area (Å²) in [5.41, 5.74) is 1.47. The Balaban J connectivity index is 0.00000176. The van der Waals surface area contributed by atoms with Gasteiger partial charge < -0.3 is 14.7 Å². The smallest absolute Gasteiger partial charge is 0.194 e. The molecule has 5 nitrogen and oxygen atoms in total. The zero-order valence-electron chi connectivity index (χ0n) is 13.6. The number of likely N-dealkylation sites (tertiary alicyclic amines) is 1. The minimum atomic E-state index is 0. The SMILES string of the molecule is CN=C(NCc1cc(C)no1)N1CCC2(CCCCC2)C1.I. The van der Waals surface area contributed by atoms with Crippen molar-refractivity contribution in [3.05, 3.63) is 17.5 Å². The van der Waals surface area contributed by atoms with Gasteiger partial charge in [-0.2, -0.15) is 0 Å². The fourth-order valence-electron chi connectivity index (χ4n) is 3.82. The Hall–Kier alpha value is -0.790. The molecule has 1 aliphatic heterocycles. The number of nitrogens with zero attached hydrogens (tertiary/aromatic N) is 3. The van der Waals surface area contributed by atoms with Crippen LogP contribution in [0.15, 0.2) is 15.6 Å². The normalized spacial score (nSPS) is 21.0. The highest BCUT2D eigenvalue weighted by Gasteiger charge is 2.39. The van der Waals surface area contributed by atoms with E-state index in [4.69, 9.17) is 4.52 Å². The van der Waals surface area contributed by atoms with Crippen LogP contribution in [0.4, 0.5) is 0 Å². The molecule has 0 amide bonds. The number of rotatable bonds is 2. The van der Waals surface area contributed by atoms with Crippen molar-refractivity contribution in [3.63, 3.8) is 0 Å². The summed E-state index contributed by atoms with van der Waals surface area (Å²) in [6, 6.07) is 1.97. The summed E-state index contributed by atoms with van der Waals surface area (Å²) in [6.45, 7) is 4.86. The van der Waals surface area contributed by atoms with Gasteiger partial charge in [0.25, 0.3) is 0 Å². The molecule has 6 heteroatoms. The zero-order valence-corrected chi connectivity index (χ0v) is 15.9.